The van der Waals surface area contributed by atoms with Crippen molar-refractivity contribution in [2.75, 3.05) is 32.1 Å². The molecule has 0 bridgehead atoms. The van der Waals surface area contributed by atoms with Crippen LogP contribution in [0.3, 0.4) is 0 Å². The van der Waals surface area contributed by atoms with Gasteiger partial charge in [0.05, 0.1) is 30.7 Å². The van der Waals surface area contributed by atoms with E-state index in [1.54, 1.807) is 31.1 Å². The molecule has 1 aromatic carbocycles. The van der Waals surface area contributed by atoms with Crippen LogP contribution in [-0.2, 0) is 20.9 Å². The predicted molar refractivity (Wildman–Crippen MR) is 125 cm³/mol. The van der Waals surface area contributed by atoms with E-state index in [0.717, 1.165) is 11.3 Å². The van der Waals surface area contributed by atoms with Crippen LogP contribution in [0, 0.1) is 13.8 Å². The Bertz CT molecular complexity index is 1140. The van der Waals surface area contributed by atoms with Crippen molar-refractivity contribution in [1.29, 1.82) is 0 Å². The maximum absolute atomic E-state index is 12.6. The summed E-state index contributed by atoms with van der Waals surface area (Å²) in [6.07, 6.45) is 2.52. The average molecular weight is 484 g/mol. The third kappa shape index (κ3) is 6.82. The number of ether oxygens (including phenoxy) is 3. The number of aromatic nitrogens is 3. The first kappa shape index (κ1) is 24.3. The minimum Gasteiger partial charge on any atom is -0.492 e. The van der Waals surface area contributed by atoms with Crippen LogP contribution in [0.5, 0.6) is 11.7 Å². The molecule has 2 amide bonds. The molecule has 0 saturated carbocycles. The normalized spacial score (nSPS) is 17.2. The molecule has 11 nitrogen and oxygen atoms in total. The monoisotopic (exact) mass is 483 g/mol. The topological polar surface area (TPSA) is 121 Å². The molecule has 0 spiro atoms. The first-order valence-corrected chi connectivity index (χ1v) is 11.3. The highest BCUT2D eigenvalue weighted by Gasteiger charge is 2.33. The number of aryl methyl sites for hydroxylation is 2. The third-order valence-electron chi connectivity index (χ3n) is 5.48. The molecule has 1 fully saturated rings. The summed E-state index contributed by atoms with van der Waals surface area (Å²) in [5.41, 5.74) is 2.35. The Balaban J connectivity index is 1.18. The molecule has 0 unspecified atom stereocenters. The lowest BCUT2D eigenvalue weighted by Gasteiger charge is -2.17. The molecule has 3 heterocycles. The Morgan fingerprint density at radius 1 is 1.26 bits per heavy atom. The van der Waals surface area contributed by atoms with Crippen LogP contribution in [0.15, 0.2) is 47.2 Å². The van der Waals surface area contributed by atoms with E-state index in [0.29, 0.717) is 36.9 Å². The van der Waals surface area contributed by atoms with Gasteiger partial charge in [0.1, 0.15) is 31.1 Å². The second kappa shape index (κ2) is 11.0. The van der Waals surface area contributed by atoms with Crippen LogP contribution in [0.4, 0.5) is 5.69 Å². The summed E-state index contributed by atoms with van der Waals surface area (Å²) in [6, 6.07) is 9.43. The Kier molecular flexibility index (Phi) is 7.66. The summed E-state index contributed by atoms with van der Waals surface area (Å²) in [7, 11) is 1.71. The molecule has 186 valence electrons. The highest BCUT2D eigenvalue weighted by Crippen LogP contribution is 2.22. The lowest BCUT2D eigenvalue weighted by Crippen LogP contribution is -2.33. The quantitative estimate of drug-likeness (QED) is 0.466. The summed E-state index contributed by atoms with van der Waals surface area (Å²) in [4.78, 5) is 26.6. The fourth-order valence-electron chi connectivity index (χ4n) is 3.48. The fourth-order valence-corrected chi connectivity index (χ4v) is 3.48. The van der Waals surface area contributed by atoms with Crippen molar-refractivity contribution in [3.05, 3.63) is 54.0 Å². The van der Waals surface area contributed by atoms with Crippen LogP contribution in [0.2, 0.25) is 0 Å². The average Bonchev–Trinajstić information content (AvgIpc) is 3.57. The summed E-state index contributed by atoms with van der Waals surface area (Å²) < 4.78 is 23.4. The lowest BCUT2D eigenvalue weighted by molar-refractivity contribution is -0.131. The highest BCUT2D eigenvalue weighted by atomic mass is 16.6. The maximum atomic E-state index is 12.6. The van der Waals surface area contributed by atoms with Gasteiger partial charge in [0.15, 0.2) is 0 Å². The molecule has 2 aromatic heterocycles. The predicted octanol–water partition coefficient (Wildman–Crippen LogP) is 2.20. The molecular formula is C24H29N5O6. The van der Waals surface area contributed by atoms with Crippen LogP contribution in [-0.4, -0.2) is 70.7 Å². The molecule has 1 N–H and O–H groups in total. The van der Waals surface area contributed by atoms with Crippen molar-refractivity contribution >= 4 is 17.5 Å². The maximum Gasteiger partial charge on any atom is 0.311 e. The first-order valence-electron chi connectivity index (χ1n) is 11.3. The van der Waals surface area contributed by atoms with Gasteiger partial charge in [-0.1, -0.05) is 22.9 Å². The molecule has 3 aromatic rings. The number of rotatable bonds is 10. The first-order chi connectivity index (χ1) is 16.9. The number of hydrogen-bond donors (Lipinski definition) is 1. The van der Waals surface area contributed by atoms with E-state index in [4.69, 9.17) is 18.7 Å². The lowest BCUT2D eigenvalue weighted by atomic mass is 10.2. The summed E-state index contributed by atoms with van der Waals surface area (Å²) in [6.45, 7) is 4.94. The molecule has 1 saturated heterocycles. The number of likely N-dealkylation sites (N-methyl/N-ethyl adjacent to an activating group) is 1. The summed E-state index contributed by atoms with van der Waals surface area (Å²) in [5, 5.41) is 10.7. The molecular weight excluding hydrogens is 454 g/mol. The van der Waals surface area contributed by atoms with E-state index in [1.165, 1.54) is 10.9 Å². The minimum atomic E-state index is -0.659. The number of nitrogens with one attached hydrogen (secondary N) is 1. The molecule has 11 heteroatoms. The van der Waals surface area contributed by atoms with E-state index >= 15 is 0 Å². The number of amides is 2. The standard InChI is InChI=1S/C24H29N5O6/c1-16-4-6-19(7-5-16)32-9-8-28(3)22(30)14-29-13-18(12-25-29)26-24(31)21-11-20(15-33-21)34-23-10-17(2)27-35-23/h4-7,10,12-13,20-21H,8-9,11,14-15H2,1-3H3,(H,26,31)/t20-,21+/m0/s1. The van der Waals surface area contributed by atoms with Crippen molar-refractivity contribution < 1.29 is 28.3 Å². The molecule has 2 atom stereocenters. The van der Waals surface area contributed by atoms with Crippen molar-refractivity contribution in [2.24, 2.45) is 0 Å². The number of hydrogen-bond acceptors (Lipinski definition) is 8. The summed E-state index contributed by atoms with van der Waals surface area (Å²) >= 11 is 0. The van der Waals surface area contributed by atoms with Gasteiger partial charge in [-0.3, -0.25) is 14.3 Å². The van der Waals surface area contributed by atoms with E-state index in [-0.39, 0.29) is 31.1 Å². The van der Waals surface area contributed by atoms with E-state index in [9.17, 15) is 9.59 Å². The van der Waals surface area contributed by atoms with E-state index in [1.807, 2.05) is 31.2 Å². The SMILES string of the molecule is Cc1ccc(OCCN(C)C(=O)Cn2cc(NC(=O)[C@H]3C[C@H](Oc4cc(C)no4)CO3)cn2)cc1. The Labute approximate surface area is 202 Å². The van der Waals surface area contributed by atoms with Gasteiger partial charge in [-0.25, -0.2) is 0 Å². The van der Waals surface area contributed by atoms with Crippen LogP contribution in [0.25, 0.3) is 0 Å². The molecule has 1 aliphatic rings. The molecule has 35 heavy (non-hydrogen) atoms. The van der Waals surface area contributed by atoms with Crippen molar-refractivity contribution in [2.45, 2.75) is 39.0 Å². The Morgan fingerprint density at radius 2 is 2.06 bits per heavy atom. The van der Waals surface area contributed by atoms with Gasteiger partial charge in [0.2, 0.25) is 5.91 Å². The van der Waals surface area contributed by atoms with E-state index in [2.05, 4.69) is 15.6 Å². The zero-order chi connectivity index (χ0) is 24.8. The van der Waals surface area contributed by atoms with Gasteiger partial charge >= 0.3 is 5.95 Å². The van der Waals surface area contributed by atoms with Gasteiger partial charge < -0.3 is 29.0 Å². The van der Waals surface area contributed by atoms with Crippen molar-refractivity contribution in [3.63, 3.8) is 0 Å². The molecule has 1 aliphatic heterocycles. The number of anilines is 1. The van der Waals surface area contributed by atoms with Crippen molar-refractivity contribution in [1.82, 2.24) is 19.8 Å². The van der Waals surface area contributed by atoms with Gasteiger partial charge in [-0.05, 0) is 26.0 Å². The van der Waals surface area contributed by atoms with Gasteiger partial charge in [0, 0.05) is 25.7 Å². The second-order valence-corrected chi connectivity index (χ2v) is 8.48. The largest absolute Gasteiger partial charge is 0.492 e. The number of nitrogens with zero attached hydrogens (tertiary/aromatic N) is 4. The number of carbonyl (C=O) groups is 2. The number of carbonyl (C=O) groups excluding carboxylic acids is 2. The van der Waals surface area contributed by atoms with Crippen LogP contribution < -0.4 is 14.8 Å². The van der Waals surface area contributed by atoms with Crippen LogP contribution in [0.1, 0.15) is 17.7 Å². The molecule has 0 aliphatic carbocycles. The van der Waals surface area contributed by atoms with E-state index < -0.39 is 6.10 Å². The smallest absolute Gasteiger partial charge is 0.311 e. The van der Waals surface area contributed by atoms with Crippen molar-refractivity contribution in [3.8, 4) is 11.7 Å². The highest BCUT2D eigenvalue weighted by molar-refractivity contribution is 5.94. The van der Waals surface area contributed by atoms with Gasteiger partial charge in [-0.2, -0.15) is 5.10 Å². The zero-order valence-corrected chi connectivity index (χ0v) is 20.0. The third-order valence-corrected chi connectivity index (χ3v) is 5.48. The molecule has 0 radical (unpaired) electrons. The number of benzene rings is 1. The van der Waals surface area contributed by atoms with Gasteiger partial charge in [-0.15, -0.1) is 0 Å². The summed E-state index contributed by atoms with van der Waals surface area (Å²) in [5.74, 6) is 0.636. The molecule has 4 rings (SSSR count). The minimum absolute atomic E-state index is 0.0450. The van der Waals surface area contributed by atoms with Gasteiger partial charge in [0.25, 0.3) is 5.91 Å². The fraction of sp³-hybridized carbons (Fsp3) is 0.417. The Hall–Kier alpha value is -3.86. The Morgan fingerprint density at radius 3 is 2.80 bits per heavy atom. The zero-order valence-electron chi connectivity index (χ0n) is 20.0. The van der Waals surface area contributed by atoms with Crippen LogP contribution >= 0.6 is 0 Å². The second-order valence-electron chi connectivity index (χ2n) is 8.48.